The third-order valence-electron chi connectivity index (χ3n) is 6.46. The number of nitrogens with zero attached hydrogens (tertiary/aromatic N) is 2. The molecule has 0 unspecified atom stereocenters. The van der Waals surface area contributed by atoms with Crippen molar-refractivity contribution in [1.29, 1.82) is 0 Å². The lowest BCUT2D eigenvalue weighted by Gasteiger charge is -2.32. The Bertz CT molecular complexity index is 958. The van der Waals surface area contributed by atoms with Gasteiger partial charge >= 0.3 is 0 Å². The fourth-order valence-corrected chi connectivity index (χ4v) is 4.28. The van der Waals surface area contributed by atoms with E-state index in [4.69, 9.17) is 9.15 Å². The van der Waals surface area contributed by atoms with Gasteiger partial charge in [0.1, 0.15) is 38.5 Å². The molecule has 0 aliphatic carbocycles. The Morgan fingerprint density at radius 3 is 2.19 bits per heavy atom. The average Bonchev–Trinajstić information content (AvgIpc) is 3.30. The fraction of sp³-hybridized carbons (Fsp3) is 0.440. The van der Waals surface area contributed by atoms with Gasteiger partial charge in [0, 0.05) is 11.1 Å². The number of hydrogen-bond donors (Lipinski definition) is 2. The van der Waals surface area contributed by atoms with Crippen molar-refractivity contribution < 1.29 is 19.0 Å². The van der Waals surface area contributed by atoms with Gasteiger partial charge in [-0.15, -0.1) is 10.2 Å². The van der Waals surface area contributed by atoms with Crippen molar-refractivity contribution in [1.82, 2.24) is 10.2 Å². The first-order valence-corrected chi connectivity index (χ1v) is 11.3. The van der Waals surface area contributed by atoms with E-state index in [1.165, 1.54) is 16.0 Å². The Labute approximate surface area is 184 Å². The molecular formula is C25H34N4O2+2. The van der Waals surface area contributed by atoms with Gasteiger partial charge in [-0.25, -0.2) is 0 Å². The summed E-state index contributed by atoms with van der Waals surface area (Å²) < 4.78 is 11.2. The van der Waals surface area contributed by atoms with E-state index in [9.17, 15) is 0 Å². The van der Waals surface area contributed by atoms with Gasteiger partial charge in [0.25, 0.3) is 5.89 Å². The first-order valence-electron chi connectivity index (χ1n) is 11.3. The van der Waals surface area contributed by atoms with Gasteiger partial charge in [-0.05, 0) is 42.7 Å². The summed E-state index contributed by atoms with van der Waals surface area (Å²) in [5.41, 5.74) is 3.76. The minimum atomic E-state index is 0.200. The number of methoxy groups -OCH3 is 1. The van der Waals surface area contributed by atoms with Crippen LogP contribution in [0.1, 0.15) is 49.7 Å². The third kappa shape index (κ3) is 5.14. The van der Waals surface area contributed by atoms with Crippen LogP contribution >= 0.6 is 0 Å². The molecule has 0 saturated carbocycles. The van der Waals surface area contributed by atoms with Crippen molar-refractivity contribution >= 4 is 0 Å². The number of aromatic nitrogens is 2. The Morgan fingerprint density at radius 2 is 1.58 bits per heavy atom. The SMILES string of the molecule is COc1ccc(-c2nnc([C@H](C)[NH+]3CC[NH+](Cc4ccc(C(C)C)cc4)CC3)o2)cc1. The molecule has 0 bridgehead atoms. The van der Waals surface area contributed by atoms with Crippen LogP contribution in [-0.4, -0.2) is 43.5 Å². The highest BCUT2D eigenvalue weighted by Crippen LogP contribution is 2.22. The van der Waals surface area contributed by atoms with Crippen LogP contribution in [0.25, 0.3) is 11.5 Å². The molecule has 0 spiro atoms. The summed E-state index contributed by atoms with van der Waals surface area (Å²) in [6.07, 6.45) is 0. The molecule has 1 aromatic heterocycles. The lowest BCUT2D eigenvalue weighted by molar-refractivity contribution is -1.03. The highest BCUT2D eigenvalue weighted by molar-refractivity contribution is 5.53. The highest BCUT2D eigenvalue weighted by Gasteiger charge is 2.31. The molecule has 164 valence electrons. The lowest BCUT2D eigenvalue weighted by Crippen LogP contribution is -3.27. The zero-order valence-corrected chi connectivity index (χ0v) is 19.0. The molecule has 1 saturated heterocycles. The van der Waals surface area contributed by atoms with Crippen LogP contribution in [0.15, 0.2) is 52.9 Å². The zero-order chi connectivity index (χ0) is 21.8. The number of hydrogen-bond acceptors (Lipinski definition) is 4. The molecule has 2 aromatic carbocycles. The van der Waals surface area contributed by atoms with E-state index < -0.39 is 0 Å². The van der Waals surface area contributed by atoms with Gasteiger partial charge in [-0.2, -0.15) is 0 Å². The molecule has 6 nitrogen and oxygen atoms in total. The molecule has 4 rings (SSSR count). The van der Waals surface area contributed by atoms with Crippen LogP contribution in [0.4, 0.5) is 0 Å². The molecule has 1 aliphatic rings. The second-order valence-corrected chi connectivity index (χ2v) is 8.88. The van der Waals surface area contributed by atoms with Crippen molar-refractivity contribution in [3.63, 3.8) is 0 Å². The second kappa shape index (κ2) is 9.62. The Kier molecular flexibility index (Phi) is 6.68. The fourth-order valence-electron chi connectivity index (χ4n) is 4.28. The summed E-state index contributed by atoms with van der Waals surface area (Å²) in [7, 11) is 1.66. The van der Waals surface area contributed by atoms with Crippen molar-refractivity contribution in [3.8, 4) is 17.2 Å². The minimum Gasteiger partial charge on any atom is -0.497 e. The van der Waals surface area contributed by atoms with Gasteiger partial charge in [-0.1, -0.05) is 38.1 Å². The number of quaternary nitrogens is 2. The molecule has 1 aliphatic heterocycles. The first kappa shape index (κ1) is 21.5. The topological polar surface area (TPSA) is 57.0 Å². The van der Waals surface area contributed by atoms with Crippen LogP contribution < -0.4 is 14.5 Å². The standard InChI is InChI=1S/C25H32N4O2/c1-18(2)21-7-5-20(6-8-21)17-28-13-15-29(16-14-28)19(3)24-26-27-25(31-24)22-9-11-23(30-4)12-10-22/h5-12,18-19H,13-17H2,1-4H3/p+2/t19-/m0/s1. The zero-order valence-electron chi connectivity index (χ0n) is 19.0. The average molecular weight is 423 g/mol. The van der Waals surface area contributed by atoms with E-state index in [1.807, 2.05) is 24.3 Å². The summed E-state index contributed by atoms with van der Waals surface area (Å²) >= 11 is 0. The third-order valence-corrected chi connectivity index (χ3v) is 6.46. The maximum Gasteiger partial charge on any atom is 0.274 e. The Balaban J connectivity index is 1.32. The van der Waals surface area contributed by atoms with Crippen molar-refractivity contribution in [2.45, 2.75) is 39.3 Å². The number of nitrogens with one attached hydrogen (secondary N) is 2. The molecule has 6 heteroatoms. The molecule has 3 aromatic rings. The van der Waals surface area contributed by atoms with Crippen molar-refractivity contribution in [2.24, 2.45) is 0 Å². The first-order chi connectivity index (χ1) is 15.0. The van der Waals surface area contributed by atoms with E-state index in [2.05, 4.69) is 55.2 Å². The van der Waals surface area contributed by atoms with E-state index in [0.29, 0.717) is 17.7 Å². The van der Waals surface area contributed by atoms with E-state index in [1.54, 1.807) is 12.0 Å². The van der Waals surface area contributed by atoms with Crippen LogP contribution in [0, 0.1) is 0 Å². The maximum atomic E-state index is 6.02. The highest BCUT2D eigenvalue weighted by atomic mass is 16.5. The smallest absolute Gasteiger partial charge is 0.274 e. The van der Waals surface area contributed by atoms with Gasteiger partial charge < -0.3 is 19.0 Å². The molecule has 31 heavy (non-hydrogen) atoms. The summed E-state index contributed by atoms with van der Waals surface area (Å²) in [5.74, 6) is 2.69. The van der Waals surface area contributed by atoms with Gasteiger partial charge in [0.2, 0.25) is 5.89 Å². The van der Waals surface area contributed by atoms with E-state index in [-0.39, 0.29) is 6.04 Å². The van der Waals surface area contributed by atoms with Gasteiger partial charge in [0.05, 0.1) is 7.11 Å². The van der Waals surface area contributed by atoms with Gasteiger partial charge in [-0.3, -0.25) is 0 Å². The Hall–Kier alpha value is -2.70. The summed E-state index contributed by atoms with van der Waals surface area (Å²) in [6.45, 7) is 12.3. The minimum absolute atomic E-state index is 0.200. The van der Waals surface area contributed by atoms with Crippen molar-refractivity contribution in [3.05, 3.63) is 65.5 Å². The maximum absolute atomic E-state index is 6.02. The number of rotatable bonds is 7. The molecule has 0 radical (unpaired) electrons. The second-order valence-electron chi connectivity index (χ2n) is 8.88. The Morgan fingerprint density at radius 1 is 0.903 bits per heavy atom. The van der Waals surface area contributed by atoms with Gasteiger partial charge in [0.15, 0.2) is 6.04 Å². The molecule has 0 amide bonds. The predicted molar refractivity (Wildman–Crippen MR) is 120 cm³/mol. The van der Waals surface area contributed by atoms with E-state index in [0.717, 1.165) is 44.0 Å². The largest absolute Gasteiger partial charge is 0.497 e. The van der Waals surface area contributed by atoms with Crippen LogP contribution in [0.5, 0.6) is 5.75 Å². The summed E-state index contributed by atoms with van der Waals surface area (Å²) in [6, 6.07) is 17.1. The number of piperazine rings is 1. The quantitative estimate of drug-likeness (QED) is 0.611. The molecule has 2 heterocycles. The number of benzene rings is 2. The molecule has 1 atom stereocenters. The van der Waals surface area contributed by atoms with E-state index >= 15 is 0 Å². The van der Waals surface area contributed by atoms with Crippen LogP contribution in [0.2, 0.25) is 0 Å². The van der Waals surface area contributed by atoms with Crippen molar-refractivity contribution in [2.75, 3.05) is 33.3 Å². The predicted octanol–water partition coefficient (Wildman–Crippen LogP) is 1.91. The van der Waals surface area contributed by atoms with Crippen LogP contribution in [0.3, 0.4) is 0 Å². The molecular weight excluding hydrogens is 388 g/mol. The van der Waals surface area contributed by atoms with Crippen LogP contribution in [-0.2, 0) is 6.54 Å². The summed E-state index contributed by atoms with van der Waals surface area (Å²) in [5, 5.41) is 8.62. The molecule has 2 N–H and O–H groups in total. The normalized spacial score (nSPS) is 20.0. The lowest BCUT2D eigenvalue weighted by atomic mass is 10.0. The molecule has 1 fully saturated rings. The monoisotopic (exact) mass is 422 g/mol. The number of ether oxygens (including phenoxy) is 1. The summed E-state index contributed by atoms with van der Waals surface area (Å²) in [4.78, 5) is 3.17.